The van der Waals surface area contributed by atoms with E-state index in [1.54, 1.807) is 6.92 Å². The Bertz CT molecular complexity index is 155. The molecule has 72 valence electrons. The Morgan fingerprint density at radius 3 is 2.50 bits per heavy atom. The second-order valence-corrected chi connectivity index (χ2v) is 3.64. The van der Waals surface area contributed by atoms with Gasteiger partial charge < -0.3 is 16.2 Å². The van der Waals surface area contributed by atoms with Crippen molar-refractivity contribution in [2.24, 2.45) is 5.73 Å². The van der Waals surface area contributed by atoms with E-state index in [9.17, 15) is 4.79 Å². The van der Waals surface area contributed by atoms with Crippen LogP contribution in [-0.2, 0) is 4.79 Å². The molecule has 0 unspecified atom stereocenters. The first kappa shape index (κ1) is 11.4. The van der Waals surface area contributed by atoms with E-state index in [-0.39, 0.29) is 18.1 Å². The summed E-state index contributed by atoms with van der Waals surface area (Å²) in [6.45, 7) is 5.39. The van der Waals surface area contributed by atoms with Gasteiger partial charge >= 0.3 is 0 Å². The minimum Gasteiger partial charge on any atom is -0.396 e. The van der Waals surface area contributed by atoms with Crippen LogP contribution in [-0.4, -0.2) is 29.2 Å². The molecule has 0 fully saturated rings. The van der Waals surface area contributed by atoms with Gasteiger partial charge in [-0.1, -0.05) is 0 Å². The van der Waals surface area contributed by atoms with Gasteiger partial charge in [-0.15, -0.1) is 0 Å². The van der Waals surface area contributed by atoms with Crippen molar-refractivity contribution in [1.29, 1.82) is 0 Å². The van der Waals surface area contributed by atoms with Gasteiger partial charge in [0.2, 0.25) is 5.91 Å². The molecule has 0 heterocycles. The van der Waals surface area contributed by atoms with E-state index < -0.39 is 6.04 Å². The number of amides is 1. The molecule has 0 aliphatic rings. The lowest BCUT2D eigenvalue weighted by atomic mass is 10.0. The Morgan fingerprint density at radius 1 is 1.67 bits per heavy atom. The quantitative estimate of drug-likeness (QED) is 0.543. The normalized spacial score (nSPS) is 14.1. The summed E-state index contributed by atoms with van der Waals surface area (Å²) in [5, 5.41) is 11.4. The highest BCUT2D eigenvalue weighted by atomic mass is 16.3. The number of aliphatic hydroxyl groups excluding tert-OH is 1. The van der Waals surface area contributed by atoms with Gasteiger partial charge in [0.05, 0.1) is 6.04 Å². The lowest BCUT2D eigenvalue weighted by molar-refractivity contribution is -0.123. The van der Waals surface area contributed by atoms with Crippen LogP contribution in [0.2, 0.25) is 0 Å². The molecule has 1 atom stereocenters. The summed E-state index contributed by atoms with van der Waals surface area (Å²) in [6.07, 6.45) is 0.533. The number of nitrogens with one attached hydrogen (secondary N) is 1. The molecule has 0 aliphatic heterocycles. The maximum absolute atomic E-state index is 11.1. The van der Waals surface area contributed by atoms with E-state index >= 15 is 0 Å². The average molecular weight is 174 g/mol. The summed E-state index contributed by atoms with van der Waals surface area (Å²) in [7, 11) is 0. The van der Waals surface area contributed by atoms with Crippen LogP contribution in [0.15, 0.2) is 0 Å². The first-order valence-electron chi connectivity index (χ1n) is 4.07. The third kappa shape index (κ3) is 4.31. The van der Waals surface area contributed by atoms with Crippen molar-refractivity contribution in [2.75, 3.05) is 6.61 Å². The molecule has 0 aromatic carbocycles. The maximum atomic E-state index is 11.1. The highest BCUT2D eigenvalue weighted by molar-refractivity contribution is 5.81. The van der Waals surface area contributed by atoms with Crippen molar-refractivity contribution < 1.29 is 9.90 Å². The number of rotatable bonds is 4. The lowest BCUT2D eigenvalue weighted by Crippen LogP contribution is -2.49. The van der Waals surface area contributed by atoms with Gasteiger partial charge in [0.15, 0.2) is 0 Å². The van der Waals surface area contributed by atoms with Crippen LogP contribution in [0, 0.1) is 0 Å². The molecule has 4 heteroatoms. The lowest BCUT2D eigenvalue weighted by Gasteiger charge is -2.26. The molecule has 0 aromatic rings. The molecule has 0 saturated heterocycles. The third-order valence-electron chi connectivity index (χ3n) is 1.61. The van der Waals surface area contributed by atoms with E-state index in [1.807, 2.05) is 13.8 Å². The summed E-state index contributed by atoms with van der Waals surface area (Å²) >= 11 is 0. The summed E-state index contributed by atoms with van der Waals surface area (Å²) in [5.41, 5.74) is 4.99. The van der Waals surface area contributed by atoms with Crippen molar-refractivity contribution in [1.82, 2.24) is 5.32 Å². The number of hydrogen-bond acceptors (Lipinski definition) is 3. The van der Waals surface area contributed by atoms with Crippen molar-refractivity contribution in [3.63, 3.8) is 0 Å². The summed E-state index contributed by atoms with van der Waals surface area (Å²) < 4.78 is 0. The minimum atomic E-state index is -0.497. The molecule has 12 heavy (non-hydrogen) atoms. The fourth-order valence-corrected chi connectivity index (χ4v) is 0.789. The highest BCUT2D eigenvalue weighted by Crippen LogP contribution is 2.06. The SMILES string of the molecule is C[C@@H](N)C(=O)NC(C)(C)CCO. The Balaban J connectivity index is 3.96. The number of aliphatic hydroxyl groups is 1. The van der Waals surface area contributed by atoms with Crippen LogP contribution in [0.5, 0.6) is 0 Å². The van der Waals surface area contributed by atoms with E-state index in [2.05, 4.69) is 5.32 Å². The predicted octanol–water partition coefficient (Wildman–Crippen LogP) is -0.389. The highest BCUT2D eigenvalue weighted by Gasteiger charge is 2.20. The number of carbonyl (C=O) groups is 1. The smallest absolute Gasteiger partial charge is 0.237 e. The molecule has 0 bridgehead atoms. The molecule has 0 radical (unpaired) electrons. The predicted molar refractivity (Wildman–Crippen MR) is 47.6 cm³/mol. The maximum Gasteiger partial charge on any atom is 0.237 e. The second-order valence-electron chi connectivity index (χ2n) is 3.64. The van der Waals surface area contributed by atoms with Crippen molar-refractivity contribution in [3.8, 4) is 0 Å². The molecule has 0 spiro atoms. The summed E-state index contributed by atoms with van der Waals surface area (Å²) in [4.78, 5) is 11.1. The molecule has 0 aromatic heterocycles. The zero-order chi connectivity index (χ0) is 9.78. The first-order valence-corrected chi connectivity index (χ1v) is 4.07. The largest absolute Gasteiger partial charge is 0.396 e. The van der Waals surface area contributed by atoms with Gasteiger partial charge in [0.25, 0.3) is 0 Å². The Morgan fingerprint density at radius 2 is 2.17 bits per heavy atom. The van der Waals surface area contributed by atoms with Crippen LogP contribution in [0.4, 0.5) is 0 Å². The topological polar surface area (TPSA) is 75.4 Å². The molecule has 0 rings (SSSR count). The second kappa shape index (κ2) is 4.42. The number of nitrogens with two attached hydrogens (primary N) is 1. The third-order valence-corrected chi connectivity index (χ3v) is 1.61. The van der Waals surface area contributed by atoms with Crippen molar-refractivity contribution >= 4 is 5.91 Å². The molecule has 1 amide bonds. The van der Waals surface area contributed by atoms with Crippen molar-refractivity contribution in [3.05, 3.63) is 0 Å². The van der Waals surface area contributed by atoms with E-state index in [0.717, 1.165) is 0 Å². The van der Waals surface area contributed by atoms with Crippen LogP contribution < -0.4 is 11.1 Å². The summed E-state index contributed by atoms with van der Waals surface area (Å²) in [6, 6.07) is -0.497. The molecule has 0 aliphatic carbocycles. The number of hydrogen-bond donors (Lipinski definition) is 3. The van der Waals surface area contributed by atoms with E-state index in [1.165, 1.54) is 0 Å². The summed E-state index contributed by atoms with van der Waals surface area (Å²) in [5.74, 6) is -0.187. The van der Waals surface area contributed by atoms with Crippen LogP contribution in [0.1, 0.15) is 27.2 Å². The number of carbonyl (C=O) groups excluding carboxylic acids is 1. The van der Waals surface area contributed by atoms with Gasteiger partial charge in [0, 0.05) is 12.1 Å². The molecular formula is C8H18N2O2. The average Bonchev–Trinajstić information content (AvgIpc) is 1.85. The van der Waals surface area contributed by atoms with E-state index in [4.69, 9.17) is 10.8 Å². The van der Waals surface area contributed by atoms with Crippen molar-refractivity contribution in [2.45, 2.75) is 38.8 Å². The van der Waals surface area contributed by atoms with E-state index in [0.29, 0.717) is 6.42 Å². The molecule has 0 saturated carbocycles. The first-order chi connectivity index (χ1) is 5.39. The van der Waals surface area contributed by atoms with Crippen LogP contribution in [0.3, 0.4) is 0 Å². The van der Waals surface area contributed by atoms with Gasteiger partial charge in [-0.3, -0.25) is 4.79 Å². The molecular weight excluding hydrogens is 156 g/mol. The van der Waals surface area contributed by atoms with Crippen LogP contribution >= 0.6 is 0 Å². The molecule has 4 nitrogen and oxygen atoms in total. The van der Waals surface area contributed by atoms with Gasteiger partial charge in [-0.2, -0.15) is 0 Å². The van der Waals surface area contributed by atoms with Crippen LogP contribution in [0.25, 0.3) is 0 Å². The standard InChI is InChI=1S/C8H18N2O2/c1-6(9)7(12)10-8(2,3)4-5-11/h6,11H,4-5,9H2,1-3H3,(H,10,12)/t6-/m1/s1. The zero-order valence-corrected chi connectivity index (χ0v) is 7.92. The molecule has 4 N–H and O–H groups in total. The van der Waals surface area contributed by atoms with Gasteiger partial charge in [-0.05, 0) is 27.2 Å². The fourth-order valence-electron chi connectivity index (χ4n) is 0.789. The minimum absolute atomic E-state index is 0.0617. The van der Waals surface area contributed by atoms with Gasteiger partial charge in [0.1, 0.15) is 0 Å². The fraction of sp³-hybridized carbons (Fsp3) is 0.875. The monoisotopic (exact) mass is 174 g/mol. The Labute approximate surface area is 73.1 Å². The Hall–Kier alpha value is -0.610. The Kier molecular flexibility index (Phi) is 4.20. The van der Waals surface area contributed by atoms with Gasteiger partial charge in [-0.25, -0.2) is 0 Å². The zero-order valence-electron chi connectivity index (χ0n) is 7.92.